The minimum atomic E-state index is -0.0361. The first-order valence-electron chi connectivity index (χ1n) is 10.2. The predicted octanol–water partition coefficient (Wildman–Crippen LogP) is 6.28. The highest BCUT2D eigenvalue weighted by Crippen LogP contribution is 2.35. The molecule has 31 heavy (non-hydrogen) atoms. The third-order valence-electron chi connectivity index (χ3n) is 4.60. The van der Waals surface area contributed by atoms with Gasteiger partial charge >= 0.3 is 0 Å². The van der Waals surface area contributed by atoms with Crippen molar-refractivity contribution in [3.05, 3.63) is 101 Å². The number of benzene rings is 3. The van der Waals surface area contributed by atoms with Gasteiger partial charge in [-0.2, -0.15) is 0 Å². The molecule has 1 fully saturated rings. The molecule has 0 atom stereocenters. The average Bonchev–Trinajstić information content (AvgIpc) is 3.05. The number of nitrogens with zero attached hydrogens (tertiary/aromatic N) is 2. The zero-order chi connectivity index (χ0) is 21.6. The van der Waals surface area contributed by atoms with Gasteiger partial charge in [0.2, 0.25) is 0 Å². The van der Waals surface area contributed by atoms with Crippen molar-refractivity contribution in [2.45, 2.75) is 26.5 Å². The van der Waals surface area contributed by atoms with E-state index in [1.807, 2.05) is 105 Å². The first kappa shape index (κ1) is 20.9. The number of ether oxygens (including phenoxy) is 1. The Bertz CT molecular complexity index is 1090. The normalized spacial score (nSPS) is 16.5. The van der Waals surface area contributed by atoms with Crippen molar-refractivity contribution < 1.29 is 9.53 Å². The first-order valence-corrected chi connectivity index (χ1v) is 11.1. The van der Waals surface area contributed by atoms with Crippen LogP contribution in [-0.2, 0) is 11.3 Å². The highest BCUT2D eigenvalue weighted by Gasteiger charge is 2.33. The van der Waals surface area contributed by atoms with Gasteiger partial charge in [-0.25, -0.2) is 4.99 Å². The molecule has 3 aromatic carbocycles. The molecular formula is C26H24N2O2S. The summed E-state index contributed by atoms with van der Waals surface area (Å²) in [6.45, 7) is 4.48. The zero-order valence-corrected chi connectivity index (χ0v) is 18.4. The van der Waals surface area contributed by atoms with E-state index < -0.39 is 0 Å². The molecule has 0 unspecified atom stereocenters. The number of carbonyl (C=O) groups excluding carboxylic acids is 1. The topological polar surface area (TPSA) is 41.9 Å². The van der Waals surface area contributed by atoms with Crippen LogP contribution in [0.15, 0.2) is 94.8 Å². The summed E-state index contributed by atoms with van der Waals surface area (Å²) >= 11 is 1.41. The van der Waals surface area contributed by atoms with Gasteiger partial charge in [0, 0.05) is 0 Å². The molecule has 1 amide bonds. The van der Waals surface area contributed by atoms with Crippen LogP contribution >= 0.6 is 11.8 Å². The molecule has 0 bridgehead atoms. The van der Waals surface area contributed by atoms with E-state index in [-0.39, 0.29) is 12.0 Å². The largest absolute Gasteiger partial charge is 0.491 e. The van der Waals surface area contributed by atoms with E-state index >= 15 is 0 Å². The van der Waals surface area contributed by atoms with E-state index in [0.29, 0.717) is 16.6 Å². The fraction of sp³-hybridized carbons (Fsp3) is 0.154. The van der Waals surface area contributed by atoms with Crippen LogP contribution in [-0.4, -0.2) is 22.1 Å². The Morgan fingerprint density at radius 3 is 2.23 bits per heavy atom. The van der Waals surface area contributed by atoms with Gasteiger partial charge < -0.3 is 4.74 Å². The molecule has 1 aliphatic rings. The van der Waals surface area contributed by atoms with Crippen LogP contribution in [0.1, 0.15) is 25.0 Å². The van der Waals surface area contributed by atoms with Crippen LogP contribution in [0.5, 0.6) is 5.75 Å². The summed E-state index contributed by atoms with van der Waals surface area (Å²) in [6.07, 6.45) is 2.04. The molecular weight excluding hydrogens is 404 g/mol. The van der Waals surface area contributed by atoms with E-state index in [0.717, 1.165) is 22.6 Å². The molecule has 3 aromatic rings. The van der Waals surface area contributed by atoms with Crippen molar-refractivity contribution >= 4 is 34.6 Å². The summed E-state index contributed by atoms with van der Waals surface area (Å²) in [6, 6.07) is 27.5. The van der Waals surface area contributed by atoms with Crippen LogP contribution in [0.2, 0.25) is 0 Å². The standard InChI is InChI=1S/C26H24N2O2S/c1-19(2)30-23-15-13-20(14-16-23)17-24-25(29)28(18-21-9-5-3-6-10-21)26(31-24)27-22-11-7-4-8-12-22/h3-17,19H,18H2,1-2H3/b24-17+,27-26?. The summed E-state index contributed by atoms with van der Waals surface area (Å²) in [5.74, 6) is 0.783. The van der Waals surface area contributed by atoms with Crippen molar-refractivity contribution in [3.8, 4) is 5.75 Å². The number of para-hydroxylation sites is 1. The first-order chi connectivity index (χ1) is 15.1. The van der Waals surface area contributed by atoms with Crippen molar-refractivity contribution in [3.63, 3.8) is 0 Å². The minimum Gasteiger partial charge on any atom is -0.491 e. The van der Waals surface area contributed by atoms with Crippen LogP contribution in [0.3, 0.4) is 0 Å². The number of amides is 1. The Labute approximate surface area is 187 Å². The average molecular weight is 429 g/mol. The molecule has 0 spiro atoms. The van der Waals surface area contributed by atoms with Crippen LogP contribution in [0.4, 0.5) is 5.69 Å². The Hall–Kier alpha value is -3.31. The van der Waals surface area contributed by atoms with Crippen LogP contribution in [0, 0.1) is 0 Å². The fourth-order valence-corrected chi connectivity index (χ4v) is 4.17. The van der Waals surface area contributed by atoms with Gasteiger partial charge in [-0.05, 0) is 67.1 Å². The van der Waals surface area contributed by atoms with E-state index in [1.54, 1.807) is 4.90 Å². The fourth-order valence-electron chi connectivity index (χ4n) is 3.18. The molecule has 4 rings (SSSR count). The number of thioether (sulfide) groups is 1. The maximum atomic E-state index is 13.3. The van der Waals surface area contributed by atoms with E-state index in [9.17, 15) is 4.79 Å². The maximum absolute atomic E-state index is 13.3. The van der Waals surface area contributed by atoms with Crippen molar-refractivity contribution in [1.82, 2.24) is 4.90 Å². The van der Waals surface area contributed by atoms with Gasteiger partial charge in [0.1, 0.15) is 5.75 Å². The number of aliphatic imine (C=N–C) groups is 1. The number of hydrogen-bond acceptors (Lipinski definition) is 4. The van der Waals surface area contributed by atoms with Gasteiger partial charge in [-0.15, -0.1) is 0 Å². The summed E-state index contributed by atoms with van der Waals surface area (Å²) < 4.78 is 5.71. The smallest absolute Gasteiger partial charge is 0.267 e. The molecule has 1 aliphatic heterocycles. The lowest BCUT2D eigenvalue weighted by atomic mass is 10.2. The van der Waals surface area contributed by atoms with E-state index in [2.05, 4.69) is 0 Å². The van der Waals surface area contributed by atoms with Crippen molar-refractivity contribution in [2.75, 3.05) is 0 Å². The lowest BCUT2D eigenvalue weighted by Gasteiger charge is -2.15. The summed E-state index contributed by atoms with van der Waals surface area (Å²) in [5.41, 5.74) is 2.84. The Balaban J connectivity index is 1.63. The SMILES string of the molecule is CC(C)Oc1ccc(/C=C2/SC(=Nc3ccccc3)N(Cc3ccccc3)C2=O)cc1. The number of carbonyl (C=O) groups is 1. The summed E-state index contributed by atoms with van der Waals surface area (Å²) in [5, 5.41) is 0.686. The second-order valence-electron chi connectivity index (χ2n) is 7.45. The maximum Gasteiger partial charge on any atom is 0.267 e. The highest BCUT2D eigenvalue weighted by atomic mass is 32.2. The lowest BCUT2D eigenvalue weighted by molar-refractivity contribution is -0.122. The van der Waals surface area contributed by atoms with E-state index in [1.165, 1.54) is 11.8 Å². The molecule has 4 nitrogen and oxygen atoms in total. The Kier molecular flexibility index (Phi) is 6.53. The van der Waals surface area contributed by atoms with Crippen LogP contribution < -0.4 is 4.74 Å². The molecule has 5 heteroatoms. The lowest BCUT2D eigenvalue weighted by Crippen LogP contribution is -2.28. The predicted molar refractivity (Wildman–Crippen MR) is 128 cm³/mol. The second kappa shape index (κ2) is 9.67. The third-order valence-corrected chi connectivity index (χ3v) is 5.61. The molecule has 156 valence electrons. The molecule has 0 radical (unpaired) electrons. The monoisotopic (exact) mass is 428 g/mol. The van der Waals surface area contributed by atoms with Crippen molar-refractivity contribution in [1.29, 1.82) is 0 Å². The minimum absolute atomic E-state index is 0.0361. The Morgan fingerprint density at radius 2 is 1.58 bits per heavy atom. The van der Waals surface area contributed by atoms with Gasteiger partial charge in [0.05, 0.1) is 23.2 Å². The van der Waals surface area contributed by atoms with Gasteiger partial charge in [0.15, 0.2) is 5.17 Å². The molecule has 1 saturated heterocycles. The van der Waals surface area contributed by atoms with Crippen molar-refractivity contribution in [2.24, 2.45) is 4.99 Å². The van der Waals surface area contributed by atoms with E-state index in [4.69, 9.17) is 9.73 Å². The quantitative estimate of drug-likeness (QED) is 0.434. The van der Waals surface area contributed by atoms with Gasteiger partial charge in [-0.3, -0.25) is 9.69 Å². The zero-order valence-electron chi connectivity index (χ0n) is 17.6. The number of amidine groups is 1. The van der Waals surface area contributed by atoms with Crippen LogP contribution in [0.25, 0.3) is 6.08 Å². The van der Waals surface area contributed by atoms with Gasteiger partial charge in [-0.1, -0.05) is 60.7 Å². The molecule has 0 aliphatic carbocycles. The summed E-state index contributed by atoms with van der Waals surface area (Å²) in [7, 11) is 0. The highest BCUT2D eigenvalue weighted by molar-refractivity contribution is 8.18. The Morgan fingerprint density at radius 1 is 0.935 bits per heavy atom. The molecule has 0 N–H and O–H groups in total. The summed E-state index contributed by atoms with van der Waals surface area (Å²) in [4.78, 5) is 20.4. The number of hydrogen-bond donors (Lipinski definition) is 0. The number of rotatable bonds is 6. The molecule has 1 heterocycles. The van der Waals surface area contributed by atoms with Gasteiger partial charge in [0.25, 0.3) is 5.91 Å². The second-order valence-corrected chi connectivity index (χ2v) is 8.46. The molecule has 0 saturated carbocycles. The molecule has 0 aromatic heterocycles. The third kappa shape index (κ3) is 5.44.